The quantitative estimate of drug-likeness (QED) is 0.496. The zero-order valence-corrected chi connectivity index (χ0v) is 18.0. The number of aryl methyl sites for hydroxylation is 1. The molecule has 0 aromatic heterocycles. The highest BCUT2D eigenvalue weighted by atomic mass is 16.5. The van der Waals surface area contributed by atoms with Gasteiger partial charge in [0, 0.05) is 37.1 Å². The first kappa shape index (κ1) is 22.4. The molecule has 1 aliphatic rings. The second kappa shape index (κ2) is 11.2. The normalized spacial score (nSPS) is 13.4. The molecule has 1 aliphatic heterocycles. The Morgan fingerprint density at radius 3 is 2.35 bits per heavy atom. The first-order valence-electron chi connectivity index (χ1n) is 10.3. The molecule has 3 rings (SSSR count). The van der Waals surface area contributed by atoms with Crippen LogP contribution in [0, 0.1) is 0 Å². The van der Waals surface area contributed by atoms with Crippen LogP contribution in [-0.2, 0) is 20.7 Å². The molecule has 0 unspecified atom stereocenters. The average Bonchev–Trinajstić information content (AvgIpc) is 2.82. The number of carbonyl (C=O) groups is 2. The van der Waals surface area contributed by atoms with Crippen LogP contribution in [-0.4, -0.2) is 58.9 Å². The van der Waals surface area contributed by atoms with E-state index in [1.807, 2.05) is 0 Å². The summed E-state index contributed by atoms with van der Waals surface area (Å²) >= 11 is 0. The molecule has 2 amide bonds. The monoisotopic (exact) mass is 427 g/mol. The number of hydrogen-bond donors (Lipinski definition) is 2. The second-order valence-electron chi connectivity index (χ2n) is 7.15. The van der Waals surface area contributed by atoms with Crippen LogP contribution in [0.4, 0.5) is 11.4 Å². The predicted octanol–water partition coefficient (Wildman–Crippen LogP) is 2.23. The van der Waals surface area contributed by atoms with Crippen LogP contribution in [0.2, 0.25) is 0 Å². The largest absolute Gasteiger partial charge is 0.493 e. The van der Waals surface area contributed by atoms with Gasteiger partial charge in [-0.1, -0.05) is 12.1 Å². The molecule has 2 aromatic carbocycles. The number of nitrogens with zero attached hydrogens (tertiary/aromatic N) is 1. The van der Waals surface area contributed by atoms with E-state index in [4.69, 9.17) is 14.2 Å². The van der Waals surface area contributed by atoms with E-state index >= 15 is 0 Å². The molecule has 2 aromatic rings. The van der Waals surface area contributed by atoms with Gasteiger partial charge in [0.1, 0.15) is 0 Å². The highest BCUT2D eigenvalue weighted by Gasteiger charge is 2.15. The van der Waals surface area contributed by atoms with Gasteiger partial charge in [-0.05, 0) is 42.7 Å². The molecular formula is C23H29N3O5. The third kappa shape index (κ3) is 6.36. The maximum absolute atomic E-state index is 12.1. The van der Waals surface area contributed by atoms with Crippen LogP contribution in [0.3, 0.4) is 0 Å². The number of rotatable bonds is 8. The Morgan fingerprint density at radius 2 is 1.68 bits per heavy atom. The Labute approximate surface area is 182 Å². The highest BCUT2D eigenvalue weighted by Crippen LogP contribution is 2.29. The lowest BCUT2D eigenvalue weighted by Crippen LogP contribution is -2.36. The summed E-state index contributed by atoms with van der Waals surface area (Å²) in [5.41, 5.74) is 2.85. The molecule has 1 fully saturated rings. The molecule has 8 heteroatoms. The van der Waals surface area contributed by atoms with Gasteiger partial charge in [0.15, 0.2) is 11.5 Å². The molecule has 0 aliphatic carbocycles. The van der Waals surface area contributed by atoms with Crippen LogP contribution in [0.1, 0.15) is 12.0 Å². The Hall–Kier alpha value is -3.26. The van der Waals surface area contributed by atoms with Crippen molar-refractivity contribution in [1.29, 1.82) is 0 Å². The van der Waals surface area contributed by atoms with Gasteiger partial charge in [0.05, 0.1) is 27.4 Å². The molecule has 31 heavy (non-hydrogen) atoms. The summed E-state index contributed by atoms with van der Waals surface area (Å²) in [6.07, 6.45) is 1.56. The summed E-state index contributed by atoms with van der Waals surface area (Å²) in [5, 5.41) is 5.22. The van der Waals surface area contributed by atoms with Crippen molar-refractivity contribution in [2.24, 2.45) is 0 Å². The van der Waals surface area contributed by atoms with Crippen LogP contribution in [0.25, 0.3) is 0 Å². The number of benzene rings is 2. The van der Waals surface area contributed by atoms with Crippen LogP contribution < -0.4 is 25.0 Å². The van der Waals surface area contributed by atoms with Gasteiger partial charge in [-0.15, -0.1) is 0 Å². The Balaban J connectivity index is 1.40. The maximum Gasteiger partial charge on any atom is 0.313 e. The van der Waals surface area contributed by atoms with Gasteiger partial charge in [0.2, 0.25) is 0 Å². The number of carbonyl (C=O) groups excluding carboxylic acids is 2. The fourth-order valence-electron chi connectivity index (χ4n) is 3.37. The van der Waals surface area contributed by atoms with Crippen LogP contribution in [0.15, 0.2) is 42.5 Å². The molecule has 0 spiro atoms. The fraction of sp³-hybridized carbons (Fsp3) is 0.391. The van der Waals surface area contributed by atoms with Gasteiger partial charge >= 0.3 is 11.8 Å². The molecule has 1 heterocycles. The summed E-state index contributed by atoms with van der Waals surface area (Å²) in [7, 11) is 3.04. The van der Waals surface area contributed by atoms with Gasteiger partial charge in [-0.3, -0.25) is 9.59 Å². The van der Waals surface area contributed by atoms with E-state index in [2.05, 4.69) is 39.8 Å². The Bertz CT molecular complexity index is 879. The number of methoxy groups -OCH3 is 2. The lowest BCUT2D eigenvalue weighted by atomic mass is 10.1. The third-order valence-corrected chi connectivity index (χ3v) is 5.09. The number of morpholine rings is 1. The number of amides is 2. The molecule has 0 radical (unpaired) electrons. The molecule has 166 valence electrons. The smallest absolute Gasteiger partial charge is 0.313 e. The van der Waals surface area contributed by atoms with Gasteiger partial charge in [-0.2, -0.15) is 0 Å². The summed E-state index contributed by atoms with van der Waals surface area (Å²) in [4.78, 5) is 26.5. The molecule has 0 bridgehead atoms. The van der Waals surface area contributed by atoms with Gasteiger partial charge in [-0.25, -0.2) is 0 Å². The first-order valence-corrected chi connectivity index (χ1v) is 10.3. The zero-order valence-electron chi connectivity index (χ0n) is 18.0. The standard InChI is InChI=1S/C23H29N3O5/c1-29-20-10-7-18(16-21(20)30-2)25-23(28)22(27)24-11-3-4-17-5-8-19(9-6-17)26-12-14-31-15-13-26/h5-10,16H,3-4,11-15H2,1-2H3,(H,24,27)(H,25,28). The molecule has 1 saturated heterocycles. The van der Waals surface area contributed by atoms with Crippen molar-refractivity contribution < 1.29 is 23.8 Å². The Morgan fingerprint density at radius 1 is 0.968 bits per heavy atom. The van der Waals surface area contributed by atoms with Crippen molar-refractivity contribution >= 4 is 23.2 Å². The fourth-order valence-corrected chi connectivity index (χ4v) is 3.37. The topological polar surface area (TPSA) is 89.1 Å². The number of anilines is 2. The molecule has 8 nitrogen and oxygen atoms in total. The highest BCUT2D eigenvalue weighted by molar-refractivity contribution is 6.39. The van der Waals surface area contributed by atoms with E-state index in [9.17, 15) is 9.59 Å². The van der Waals surface area contributed by atoms with Crippen LogP contribution >= 0.6 is 0 Å². The lowest BCUT2D eigenvalue weighted by Gasteiger charge is -2.28. The van der Waals surface area contributed by atoms with Crippen molar-refractivity contribution in [1.82, 2.24) is 5.32 Å². The first-order chi connectivity index (χ1) is 15.1. The SMILES string of the molecule is COc1ccc(NC(=O)C(=O)NCCCc2ccc(N3CCOCC3)cc2)cc1OC. The molecular weight excluding hydrogens is 398 g/mol. The van der Waals surface area contributed by atoms with E-state index in [-0.39, 0.29) is 0 Å². The number of ether oxygens (including phenoxy) is 3. The second-order valence-corrected chi connectivity index (χ2v) is 7.15. The third-order valence-electron chi connectivity index (χ3n) is 5.09. The minimum absolute atomic E-state index is 0.420. The van der Waals surface area contributed by atoms with E-state index in [0.29, 0.717) is 23.7 Å². The summed E-state index contributed by atoms with van der Waals surface area (Å²) in [5.74, 6) is -0.372. The molecule has 0 atom stereocenters. The minimum atomic E-state index is -0.720. The lowest BCUT2D eigenvalue weighted by molar-refractivity contribution is -0.136. The number of nitrogens with one attached hydrogen (secondary N) is 2. The van der Waals surface area contributed by atoms with E-state index in [1.54, 1.807) is 18.2 Å². The zero-order chi connectivity index (χ0) is 22.1. The minimum Gasteiger partial charge on any atom is -0.493 e. The summed E-state index contributed by atoms with van der Waals surface area (Å²) in [6.45, 7) is 3.78. The van der Waals surface area contributed by atoms with Crippen molar-refractivity contribution in [2.75, 3.05) is 57.3 Å². The number of hydrogen-bond acceptors (Lipinski definition) is 6. The van der Waals surface area contributed by atoms with Crippen molar-refractivity contribution in [3.05, 3.63) is 48.0 Å². The summed E-state index contributed by atoms with van der Waals surface area (Å²) < 4.78 is 15.7. The maximum atomic E-state index is 12.1. The average molecular weight is 428 g/mol. The van der Waals surface area contributed by atoms with Crippen LogP contribution in [0.5, 0.6) is 11.5 Å². The van der Waals surface area contributed by atoms with E-state index in [0.717, 1.165) is 39.1 Å². The van der Waals surface area contributed by atoms with Crippen molar-refractivity contribution in [3.63, 3.8) is 0 Å². The van der Waals surface area contributed by atoms with E-state index < -0.39 is 11.8 Å². The van der Waals surface area contributed by atoms with Gasteiger partial charge in [0.25, 0.3) is 0 Å². The molecule has 2 N–H and O–H groups in total. The predicted molar refractivity (Wildman–Crippen MR) is 119 cm³/mol. The van der Waals surface area contributed by atoms with Crippen molar-refractivity contribution in [3.8, 4) is 11.5 Å². The molecule has 0 saturated carbocycles. The van der Waals surface area contributed by atoms with Crippen molar-refractivity contribution in [2.45, 2.75) is 12.8 Å². The summed E-state index contributed by atoms with van der Waals surface area (Å²) in [6, 6.07) is 13.4. The van der Waals surface area contributed by atoms with E-state index in [1.165, 1.54) is 25.5 Å². The Kier molecular flexibility index (Phi) is 8.12. The van der Waals surface area contributed by atoms with Gasteiger partial charge < -0.3 is 29.7 Å².